The molecule has 0 saturated carbocycles. The van der Waals surface area contributed by atoms with Crippen LogP contribution in [-0.4, -0.2) is 33.2 Å². The van der Waals surface area contributed by atoms with Gasteiger partial charge in [-0.3, -0.25) is 19.2 Å². The molecule has 0 spiro atoms. The van der Waals surface area contributed by atoms with Crippen LogP contribution in [0.2, 0.25) is 0 Å². The molecule has 6 heteroatoms. The van der Waals surface area contributed by atoms with Crippen molar-refractivity contribution in [1.82, 2.24) is 15.1 Å². The number of aromatic nitrogens is 2. The molecule has 1 N–H and O–H groups in total. The van der Waals surface area contributed by atoms with E-state index in [1.54, 1.807) is 44.9 Å². The van der Waals surface area contributed by atoms with Crippen molar-refractivity contribution in [2.24, 2.45) is 7.05 Å². The van der Waals surface area contributed by atoms with Gasteiger partial charge in [-0.1, -0.05) is 0 Å². The van der Waals surface area contributed by atoms with Gasteiger partial charge in [0.2, 0.25) is 5.91 Å². The van der Waals surface area contributed by atoms with Crippen LogP contribution in [0.4, 0.5) is 5.69 Å². The number of hydrogen-bond acceptors (Lipinski definition) is 3. The molecule has 92 valence electrons. The lowest BCUT2D eigenvalue weighted by atomic mass is 9.97. The zero-order valence-corrected chi connectivity index (χ0v) is 10.4. The van der Waals surface area contributed by atoms with Gasteiger partial charge >= 0.3 is 0 Å². The fraction of sp³-hybridized carbons (Fsp3) is 0.545. The van der Waals surface area contributed by atoms with Crippen molar-refractivity contribution in [3.8, 4) is 0 Å². The van der Waals surface area contributed by atoms with Gasteiger partial charge < -0.3 is 5.32 Å². The van der Waals surface area contributed by atoms with Gasteiger partial charge in [0.1, 0.15) is 11.6 Å². The first-order chi connectivity index (χ1) is 7.83. The summed E-state index contributed by atoms with van der Waals surface area (Å²) >= 11 is 0. The maximum absolute atomic E-state index is 12.3. The third-order valence-electron chi connectivity index (χ3n) is 2.93. The number of carbonyl (C=O) groups is 2. The van der Waals surface area contributed by atoms with E-state index in [9.17, 15) is 9.59 Å². The molecular formula is C11H16N4O2. The van der Waals surface area contributed by atoms with Crippen LogP contribution in [0.25, 0.3) is 0 Å². The second kappa shape index (κ2) is 3.58. The highest BCUT2D eigenvalue weighted by atomic mass is 16.2. The highest BCUT2D eigenvalue weighted by Gasteiger charge is 2.44. The minimum Gasteiger partial charge on any atom is -0.340 e. The molecule has 2 rings (SSSR count). The highest BCUT2D eigenvalue weighted by molar-refractivity contribution is 6.10. The molecule has 0 aliphatic carbocycles. The van der Waals surface area contributed by atoms with E-state index in [0.29, 0.717) is 5.69 Å². The molecule has 1 fully saturated rings. The van der Waals surface area contributed by atoms with E-state index < -0.39 is 11.6 Å². The van der Waals surface area contributed by atoms with Crippen molar-refractivity contribution in [3.05, 3.63) is 12.4 Å². The van der Waals surface area contributed by atoms with Gasteiger partial charge in [-0.05, 0) is 20.8 Å². The second-order valence-electron chi connectivity index (χ2n) is 4.84. The molecule has 1 unspecified atom stereocenters. The average molecular weight is 236 g/mol. The predicted molar refractivity (Wildman–Crippen MR) is 62.4 cm³/mol. The fourth-order valence-electron chi connectivity index (χ4n) is 1.93. The van der Waals surface area contributed by atoms with Gasteiger partial charge in [0.15, 0.2) is 0 Å². The lowest BCUT2D eigenvalue weighted by Crippen LogP contribution is -2.67. The first-order valence-electron chi connectivity index (χ1n) is 5.47. The largest absolute Gasteiger partial charge is 0.340 e. The molecule has 2 amide bonds. The summed E-state index contributed by atoms with van der Waals surface area (Å²) in [4.78, 5) is 25.6. The van der Waals surface area contributed by atoms with E-state index in [2.05, 4.69) is 10.4 Å². The second-order valence-corrected chi connectivity index (χ2v) is 4.84. The minimum atomic E-state index is -0.876. The normalized spacial score (nSPS) is 23.8. The number of nitrogens with one attached hydrogen (secondary N) is 1. The standard InChI is InChI=1S/C11H16N4O2/c1-7-9(16)13-11(2,3)10(17)15(7)8-5-12-14(4)6-8/h5-7H,1-4H3,(H,13,16). The van der Waals surface area contributed by atoms with Crippen LogP contribution >= 0.6 is 0 Å². The summed E-state index contributed by atoms with van der Waals surface area (Å²) in [5.41, 5.74) is -0.229. The van der Waals surface area contributed by atoms with Gasteiger partial charge in [-0.2, -0.15) is 5.10 Å². The van der Waals surface area contributed by atoms with E-state index >= 15 is 0 Å². The molecule has 1 aliphatic heterocycles. The number of anilines is 1. The molecule has 1 aromatic heterocycles. The lowest BCUT2D eigenvalue weighted by molar-refractivity contribution is -0.136. The molecule has 1 aliphatic rings. The molecule has 0 bridgehead atoms. The number of carbonyl (C=O) groups excluding carboxylic acids is 2. The number of nitrogens with zero attached hydrogens (tertiary/aromatic N) is 3. The zero-order chi connectivity index (χ0) is 12.8. The van der Waals surface area contributed by atoms with E-state index in [1.807, 2.05) is 0 Å². The molecule has 1 saturated heterocycles. The number of aryl methyl sites for hydroxylation is 1. The van der Waals surface area contributed by atoms with Gasteiger partial charge in [0.25, 0.3) is 5.91 Å². The van der Waals surface area contributed by atoms with Crippen molar-refractivity contribution in [3.63, 3.8) is 0 Å². The van der Waals surface area contributed by atoms with Crippen LogP contribution in [0.5, 0.6) is 0 Å². The molecule has 17 heavy (non-hydrogen) atoms. The Hall–Kier alpha value is -1.85. The van der Waals surface area contributed by atoms with Crippen molar-refractivity contribution in [1.29, 1.82) is 0 Å². The maximum atomic E-state index is 12.3. The zero-order valence-electron chi connectivity index (χ0n) is 10.4. The highest BCUT2D eigenvalue weighted by Crippen LogP contribution is 2.24. The smallest absolute Gasteiger partial charge is 0.252 e. The average Bonchev–Trinajstić information content (AvgIpc) is 2.62. The Labute approximate surface area is 99.6 Å². The van der Waals surface area contributed by atoms with Crippen LogP contribution in [0, 0.1) is 0 Å². The SMILES string of the molecule is CC1C(=O)NC(C)(C)C(=O)N1c1cnn(C)c1. The Morgan fingerprint density at radius 2 is 2.06 bits per heavy atom. The van der Waals surface area contributed by atoms with E-state index in [4.69, 9.17) is 0 Å². The number of rotatable bonds is 1. The maximum Gasteiger partial charge on any atom is 0.252 e. The van der Waals surface area contributed by atoms with Crippen LogP contribution in [0.3, 0.4) is 0 Å². The summed E-state index contributed by atoms with van der Waals surface area (Å²) in [5, 5.41) is 6.73. The number of piperazine rings is 1. The molecular weight excluding hydrogens is 220 g/mol. The summed E-state index contributed by atoms with van der Waals surface area (Å²) in [6, 6.07) is -0.514. The lowest BCUT2D eigenvalue weighted by Gasteiger charge is -2.40. The van der Waals surface area contributed by atoms with Crippen LogP contribution < -0.4 is 10.2 Å². The van der Waals surface area contributed by atoms with Gasteiger partial charge in [-0.15, -0.1) is 0 Å². The summed E-state index contributed by atoms with van der Waals surface area (Å²) < 4.78 is 1.61. The molecule has 0 aromatic carbocycles. The summed E-state index contributed by atoms with van der Waals surface area (Å²) in [5.74, 6) is -0.281. The monoisotopic (exact) mass is 236 g/mol. The molecule has 1 aromatic rings. The third kappa shape index (κ3) is 1.79. The van der Waals surface area contributed by atoms with Crippen molar-refractivity contribution in [2.75, 3.05) is 4.90 Å². The summed E-state index contributed by atoms with van der Waals surface area (Å²) in [6.45, 7) is 5.10. The first-order valence-corrected chi connectivity index (χ1v) is 5.47. The van der Waals surface area contributed by atoms with Crippen molar-refractivity contribution >= 4 is 17.5 Å². The van der Waals surface area contributed by atoms with Gasteiger partial charge in [0.05, 0.1) is 11.9 Å². The topological polar surface area (TPSA) is 67.2 Å². The quantitative estimate of drug-likeness (QED) is 0.749. The molecule has 1 atom stereocenters. The van der Waals surface area contributed by atoms with Crippen LogP contribution in [0.15, 0.2) is 12.4 Å². The van der Waals surface area contributed by atoms with Crippen molar-refractivity contribution in [2.45, 2.75) is 32.4 Å². The molecule has 6 nitrogen and oxygen atoms in total. The Morgan fingerprint density at radius 1 is 1.41 bits per heavy atom. The van der Waals surface area contributed by atoms with E-state index in [1.165, 1.54) is 4.90 Å². The van der Waals surface area contributed by atoms with E-state index in [-0.39, 0.29) is 11.8 Å². The predicted octanol–water partition coefficient (Wildman–Crippen LogP) is 0.0500. The fourth-order valence-corrected chi connectivity index (χ4v) is 1.93. The van der Waals surface area contributed by atoms with Crippen LogP contribution in [0.1, 0.15) is 20.8 Å². The van der Waals surface area contributed by atoms with E-state index in [0.717, 1.165) is 0 Å². The molecule has 0 radical (unpaired) electrons. The third-order valence-corrected chi connectivity index (χ3v) is 2.93. The van der Waals surface area contributed by atoms with Gasteiger partial charge in [-0.25, -0.2) is 0 Å². The van der Waals surface area contributed by atoms with Gasteiger partial charge in [0, 0.05) is 13.2 Å². The Bertz CT molecular complexity index is 478. The summed E-state index contributed by atoms with van der Waals surface area (Å²) in [6.07, 6.45) is 3.31. The van der Waals surface area contributed by atoms with Crippen LogP contribution in [-0.2, 0) is 16.6 Å². The van der Waals surface area contributed by atoms with Crippen molar-refractivity contribution < 1.29 is 9.59 Å². The molecule has 2 heterocycles. The summed E-state index contributed by atoms with van der Waals surface area (Å²) in [7, 11) is 1.77. The number of amides is 2. The number of hydrogen-bond donors (Lipinski definition) is 1. The Kier molecular flexibility index (Phi) is 2.45. The first kappa shape index (κ1) is 11.6. The Balaban J connectivity index is 2.43. The minimum absolute atomic E-state index is 0.127. The Morgan fingerprint density at radius 3 is 2.59 bits per heavy atom.